The van der Waals surface area contributed by atoms with Gasteiger partial charge in [0.15, 0.2) is 0 Å². The predicted molar refractivity (Wildman–Crippen MR) is 101 cm³/mol. The van der Waals surface area contributed by atoms with Crippen LogP contribution in [0.4, 0.5) is 5.69 Å². The second-order valence-corrected chi connectivity index (χ2v) is 7.16. The van der Waals surface area contributed by atoms with Crippen molar-refractivity contribution < 1.29 is 14.4 Å². The molecule has 0 aromatic heterocycles. The molecule has 26 heavy (non-hydrogen) atoms. The van der Waals surface area contributed by atoms with Gasteiger partial charge >= 0.3 is 0 Å². The van der Waals surface area contributed by atoms with Crippen molar-refractivity contribution in [2.75, 3.05) is 32.0 Å². The van der Waals surface area contributed by atoms with Crippen molar-refractivity contribution in [1.29, 1.82) is 0 Å². The highest BCUT2D eigenvalue weighted by Gasteiger charge is 2.30. The van der Waals surface area contributed by atoms with Gasteiger partial charge in [-0.05, 0) is 44.5 Å². The van der Waals surface area contributed by atoms with E-state index in [0.29, 0.717) is 28.7 Å². The van der Waals surface area contributed by atoms with Crippen LogP contribution in [0.2, 0.25) is 10.0 Å². The molecule has 3 amide bonds. The summed E-state index contributed by atoms with van der Waals surface area (Å²) in [7, 11) is 1.66. The van der Waals surface area contributed by atoms with Crippen LogP contribution in [0.1, 0.15) is 19.3 Å². The highest BCUT2D eigenvalue weighted by Crippen LogP contribution is 2.25. The van der Waals surface area contributed by atoms with Gasteiger partial charge in [-0.2, -0.15) is 0 Å². The van der Waals surface area contributed by atoms with Gasteiger partial charge in [0, 0.05) is 12.2 Å². The van der Waals surface area contributed by atoms with Gasteiger partial charge in [-0.15, -0.1) is 0 Å². The molecule has 0 radical (unpaired) electrons. The molecule has 0 aliphatic carbocycles. The first kappa shape index (κ1) is 20.5. The summed E-state index contributed by atoms with van der Waals surface area (Å²) in [4.78, 5) is 39.2. The van der Waals surface area contributed by atoms with Crippen LogP contribution >= 0.6 is 23.2 Å². The summed E-state index contributed by atoms with van der Waals surface area (Å²) in [6.45, 7) is 0.551. The smallest absolute Gasteiger partial charge is 0.240 e. The van der Waals surface area contributed by atoms with Crippen LogP contribution in [0.5, 0.6) is 0 Å². The van der Waals surface area contributed by atoms with E-state index in [2.05, 4.69) is 5.32 Å². The Kier molecular flexibility index (Phi) is 7.25. The molecule has 1 heterocycles. The molecule has 1 fully saturated rings. The fourth-order valence-electron chi connectivity index (χ4n) is 2.92. The van der Waals surface area contributed by atoms with E-state index in [0.717, 1.165) is 12.8 Å². The number of nitrogens with zero attached hydrogens (tertiary/aromatic N) is 2. The Morgan fingerprint density at radius 3 is 2.62 bits per heavy atom. The fourth-order valence-corrected chi connectivity index (χ4v) is 3.22. The Bertz CT molecular complexity index is 699. The zero-order valence-corrected chi connectivity index (χ0v) is 16.0. The summed E-state index contributed by atoms with van der Waals surface area (Å²) in [5.41, 5.74) is 5.91. The van der Waals surface area contributed by atoms with E-state index in [4.69, 9.17) is 28.9 Å². The molecule has 9 heteroatoms. The predicted octanol–water partition coefficient (Wildman–Crippen LogP) is 1.73. The molecule has 1 aromatic rings. The van der Waals surface area contributed by atoms with Gasteiger partial charge in [-0.25, -0.2) is 0 Å². The van der Waals surface area contributed by atoms with Crippen molar-refractivity contribution in [3.8, 4) is 0 Å². The number of likely N-dealkylation sites (tertiary alicyclic amines) is 1. The van der Waals surface area contributed by atoms with Gasteiger partial charge in [0.2, 0.25) is 17.7 Å². The first-order valence-corrected chi connectivity index (χ1v) is 9.05. The molecular formula is C17H22Cl2N4O3. The summed E-state index contributed by atoms with van der Waals surface area (Å²) in [5.74, 6) is -0.986. The number of amides is 3. The number of nitrogens with one attached hydrogen (secondary N) is 1. The molecule has 0 bridgehead atoms. The number of likely N-dealkylation sites (N-methyl/N-ethyl adjacent to an activating group) is 1. The summed E-state index contributed by atoms with van der Waals surface area (Å²) in [5, 5.41) is 3.44. The second-order valence-electron chi connectivity index (χ2n) is 6.35. The number of halogens is 2. The zero-order chi connectivity index (χ0) is 19.3. The van der Waals surface area contributed by atoms with Crippen LogP contribution in [0, 0.1) is 0 Å². The van der Waals surface area contributed by atoms with Crippen molar-refractivity contribution >= 4 is 46.6 Å². The number of piperidine rings is 1. The number of carbonyl (C=O) groups excluding carboxylic acids is 3. The lowest BCUT2D eigenvalue weighted by Crippen LogP contribution is -2.53. The van der Waals surface area contributed by atoms with Gasteiger partial charge in [0.25, 0.3) is 0 Å². The molecule has 0 spiro atoms. The molecule has 1 atom stereocenters. The van der Waals surface area contributed by atoms with Crippen LogP contribution in [-0.2, 0) is 14.4 Å². The highest BCUT2D eigenvalue weighted by atomic mass is 35.5. The van der Waals surface area contributed by atoms with Crippen molar-refractivity contribution in [1.82, 2.24) is 9.80 Å². The minimum Gasteiger partial charge on any atom is -0.368 e. The van der Waals surface area contributed by atoms with Crippen LogP contribution in [0.25, 0.3) is 0 Å². The Balaban J connectivity index is 1.87. The molecule has 1 aliphatic heterocycles. The number of primary amides is 1. The van der Waals surface area contributed by atoms with Crippen molar-refractivity contribution in [2.45, 2.75) is 25.3 Å². The lowest BCUT2D eigenvalue weighted by Gasteiger charge is -2.34. The van der Waals surface area contributed by atoms with Crippen LogP contribution in [0.15, 0.2) is 18.2 Å². The minimum absolute atomic E-state index is 0.0149. The highest BCUT2D eigenvalue weighted by molar-refractivity contribution is 6.42. The largest absolute Gasteiger partial charge is 0.368 e. The van der Waals surface area contributed by atoms with Crippen molar-refractivity contribution in [2.24, 2.45) is 5.73 Å². The number of anilines is 1. The van der Waals surface area contributed by atoms with Gasteiger partial charge in [0.1, 0.15) is 6.04 Å². The molecule has 0 unspecified atom stereocenters. The molecule has 0 saturated carbocycles. The Morgan fingerprint density at radius 2 is 1.96 bits per heavy atom. The molecular weight excluding hydrogens is 379 g/mol. The summed E-state index contributed by atoms with van der Waals surface area (Å²) in [6.07, 6.45) is 2.30. The number of benzene rings is 1. The normalized spacial score (nSPS) is 17.2. The molecule has 1 saturated heterocycles. The monoisotopic (exact) mass is 400 g/mol. The maximum absolute atomic E-state index is 12.5. The van der Waals surface area contributed by atoms with Gasteiger partial charge < -0.3 is 16.0 Å². The quantitative estimate of drug-likeness (QED) is 0.759. The topological polar surface area (TPSA) is 95.7 Å². The van der Waals surface area contributed by atoms with E-state index in [9.17, 15) is 14.4 Å². The minimum atomic E-state index is -0.560. The van der Waals surface area contributed by atoms with Crippen molar-refractivity contribution in [3.05, 3.63) is 28.2 Å². The first-order valence-electron chi connectivity index (χ1n) is 8.30. The molecule has 3 N–H and O–H groups in total. The van der Waals surface area contributed by atoms with E-state index in [-0.39, 0.29) is 24.9 Å². The molecule has 2 rings (SSSR count). The third kappa shape index (κ3) is 5.59. The maximum Gasteiger partial charge on any atom is 0.240 e. The lowest BCUT2D eigenvalue weighted by atomic mass is 10.0. The number of rotatable bonds is 6. The number of nitrogens with two attached hydrogens (primary N) is 1. The van der Waals surface area contributed by atoms with Gasteiger partial charge in [0.05, 0.1) is 23.1 Å². The van der Waals surface area contributed by atoms with E-state index in [1.807, 2.05) is 0 Å². The SMILES string of the molecule is CN(CC(=O)Nc1ccc(Cl)c(Cl)c1)CC(=O)N1CCCC[C@H]1C(N)=O. The average Bonchev–Trinajstić information content (AvgIpc) is 2.57. The fraction of sp³-hybridized carbons (Fsp3) is 0.471. The summed E-state index contributed by atoms with van der Waals surface area (Å²) >= 11 is 11.8. The number of carbonyl (C=O) groups is 3. The molecule has 1 aliphatic rings. The Morgan fingerprint density at radius 1 is 1.23 bits per heavy atom. The van der Waals surface area contributed by atoms with E-state index >= 15 is 0 Å². The number of hydrogen-bond donors (Lipinski definition) is 2. The second kappa shape index (κ2) is 9.21. The maximum atomic E-state index is 12.5. The Labute approximate surface area is 162 Å². The summed E-state index contributed by atoms with van der Waals surface area (Å²) < 4.78 is 0. The molecule has 7 nitrogen and oxygen atoms in total. The van der Waals surface area contributed by atoms with Crippen LogP contribution in [0.3, 0.4) is 0 Å². The van der Waals surface area contributed by atoms with Crippen LogP contribution in [-0.4, -0.2) is 60.2 Å². The Hall–Kier alpha value is -1.83. The molecule has 142 valence electrons. The standard InChI is InChI=1S/C17H22Cl2N4O3/c1-22(9-15(24)21-11-5-6-12(18)13(19)8-11)10-16(25)23-7-3-2-4-14(23)17(20)26/h5-6,8,14H,2-4,7,9-10H2,1H3,(H2,20,26)(H,21,24)/t14-/m0/s1. The third-order valence-corrected chi connectivity index (χ3v) is 4.91. The van der Waals surface area contributed by atoms with Gasteiger partial charge in [-0.1, -0.05) is 23.2 Å². The first-order chi connectivity index (χ1) is 12.3. The third-order valence-electron chi connectivity index (χ3n) is 4.17. The van der Waals surface area contributed by atoms with Crippen LogP contribution < -0.4 is 11.1 Å². The average molecular weight is 401 g/mol. The lowest BCUT2D eigenvalue weighted by molar-refractivity contribution is -0.141. The zero-order valence-electron chi connectivity index (χ0n) is 14.5. The number of hydrogen-bond acceptors (Lipinski definition) is 4. The summed E-state index contributed by atoms with van der Waals surface area (Å²) in [6, 6.07) is 4.22. The van der Waals surface area contributed by atoms with E-state index < -0.39 is 11.9 Å². The van der Waals surface area contributed by atoms with E-state index in [1.54, 1.807) is 30.1 Å². The van der Waals surface area contributed by atoms with Gasteiger partial charge in [-0.3, -0.25) is 19.3 Å². The van der Waals surface area contributed by atoms with E-state index in [1.165, 1.54) is 4.90 Å². The molecule has 1 aromatic carbocycles. The van der Waals surface area contributed by atoms with Crippen molar-refractivity contribution in [3.63, 3.8) is 0 Å².